The van der Waals surface area contributed by atoms with E-state index in [1.54, 1.807) is 12.1 Å². The Morgan fingerprint density at radius 1 is 1.32 bits per heavy atom. The summed E-state index contributed by atoms with van der Waals surface area (Å²) in [6.07, 6.45) is 1.01. The number of nitrogens with one attached hydrogen (secondary N) is 1. The number of para-hydroxylation sites is 1. The van der Waals surface area contributed by atoms with E-state index in [1.165, 1.54) is 0 Å². The third-order valence-electron chi connectivity index (χ3n) is 3.18. The molecule has 0 saturated carbocycles. The summed E-state index contributed by atoms with van der Waals surface area (Å²) < 4.78 is 29.3. The Bertz CT molecular complexity index is 374. The van der Waals surface area contributed by atoms with Crippen molar-refractivity contribution in [3.63, 3.8) is 0 Å². The van der Waals surface area contributed by atoms with Crippen molar-refractivity contribution >= 4 is 0 Å². The molecule has 0 saturated heterocycles. The minimum atomic E-state index is -2.79. The first-order chi connectivity index (χ1) is 9.06. The number of benzene rings is 1. The van der Waals surface area contributed by atoms with Crippen LogP contribution in [0, 0.1) is 0 Å². The van der Waals surface area contributed by atoms with Gasteiger partial charge in [-0.15, -0.1) is 0 Å². The lowest BCUT2D eigenvalue weighted by Gasteiger charge is -2.26. The van der Waals surface area contributed by atoms with Crippen molar-refractivity contribution in [2.24, 2.45) is 0 Å². The molecule has 0 amide bonds. The fourth-order valence-corrected chi connectivity index (χ4v) is 1.97. The topological polar surface area (TPSA) is 24.5 Å². The number of alkyl halides is 2. The standard InChI is InChI=1S/C14H22F2N2O/c1-11(18(3)10-6-9-17-2)12-7-4-5-8-13(12)19-14(15)16/h4-5,7-8,11,14,17H,6,9-10H2,1-3H3. The SMILES string of the molecule is CNCCCN(C)C(C)c1ccccc1OC(F)F. The van der Waals surface area contributed by atoms with Gasteiger partial charge in [-0.1, -0.05) is 18.2 Å². The largest absolute Gasteiger partial charge is 0.434 e. The second-order valence-corrected chi connectivity index (χ2v) is 4.53. The molecule has 0 heterocycles. The maximum atomic E-state index is 12.4. The maximum absolute atomic E-state index is 12.4. The second kappa shape index (κ2) is 8.07. The minimum Gasteiger partial charge on any atom is -0.434 e. The zero-order valence-electron chi connectivity index (χ0n) is 11.7. The van der Waals surface area contributed by atoms with Gasteiger partial charge < -0.3 is 10.1 Å². The van der Waals surface area contributed by atoms with Crippen LogP contribution in [0.2, 0.25) is 0 Å². The zero-order valence-corrected chi connectivity index (χ0v) is 11.7. The van der Waals surface area contributed by atoms with Crippen molar-refractivity contribution in [3.05, 3.63) is 29.8 Å². The van der Waals surface area contributed by atoms with Crippen molar-refractivity contribution < 1.29 is 13.5 Å². The van der Waals surface area contributed by atoms with Gasteiger partial charge in [0, 0.05) is 11.6 Å². The van der Waals surface area contributed by atoms with Gasteiger partial charge in [0.1, 0.15) is 5.75 Å². The minimum absolute atomic E-state index is 0.0341. The number of hydrogen-bond donors (Lipinski definition) is 1. The molecule has 0 spiro atoms. The van der Waals surface area contributed by atoms with E-state index >= 15 is 0 Å². The van der Waals surface area contributed by atoms with Gasteiger partial charge in [0.25, 0.3) is 0 Å². The quantitative estimate of drug-likeness (QED) is 0.736. The highest BCUT2D eigenvalue weighted by atomic mass is 19.3. The van der Waals surface area contributed by atoms with Crippen LogP contribution in [0.25, 0.3) is 0 Å². The summed E-state index contributed by atoms with van der Waals surface area (Å²) in [5.74, 6) is 0.255. The van der Waals surface area contributed by atoms with Gasteiger partial charge in [-0.2, -0.15) is 8.78 Å². The summed E-state index contributed by atoms with van der Waals surface area (Å²) in [7, 11) is 3.90. The summed E-state index contributed by atoms with van der Waals surface area (Å²) >= 11 is 0. The van der Waals surface area contributed by atoms with Gasteiger partial charge in [0.15, 0.2) is 0 Å². The van der Waals surface area contributed by atoms with Gasteiger partial charge >= 0.3 is 6.61 Å². The van der Waals surface area contributed by atoms with Crippen LogP contribution < -0.4 is 10.1 Å². The molecule has 1 unspecified atom stereocenters. The van der Waals surface area contributed by atoms with Crippen LogP contribution in [0.1, 0.15) is 24.9 Å². The Kier molecular flexibility index (Phi) is 6.73. The van der Waals surface area contributed by atoms with Crippen LogP contribution in [0.3, 0.4) is 0 Å². The molecule has 19 heavy (non-hydrogen) atoms. The number of halogens is 2. The average Bonchev–Trinajstić information content (AvgIpc) is 2.38. The van der Waals surface area contributed by atoms with E-state index in [0.717, 1.165) is 25.1 Å². The molecule has 0 aromatic heterocycles. The van der Waals surface area contributed by atoms with Gasteiger partial charge in [0.2, 0.25) is 0 Å². The first kappa shape index (κ1) is 15.9. The highest BCUT2D eigenvalue weighted by Crippen LogP contribution is 2.29. The van der Waals surface area contributed by atoms with E-state index in [9.17, 15) is 8.78 Å². The molecular weight excluding hydrogens is 250 g/mol. The molecule has 0 aliphatic heterocycles. The third-order valence-corrected chi connectivity index (χ3v) is 3.18. The van der Waals surface area contributed by atoms with Crippen LogP contribution in [-0.2, 0) is 0 Å². The zero-order chi connectivity index (χ0) is 14.3. The first-order valence-electron chi connectivity index (χ1n) is 6.44. The molecule has 0 radical (unpaired) electrons. The van der Waals surface area contributed by atoms with Crippen LogP contribution in [0.4, 0.5) is 8.78 Å². The van der Waals surface area contributed by atoms with Gasteiger partial charge in [-0.05, 0) is 46.6 Å². The normalized spacial score (nSPS) is 13.0. The summed E-state index contributed by atoms with van der Waals surface area (Å²) in [4.78, 5) is 2.13. The number of ether oxygens (including phenoxy) is 1. The van der Waals surface area contributed by atoms with E-state index in [0.29, 0.717) is 0 Å². The Hall–Kier alpha value is -1.20. The van der Waals surface area contributed by atoms with E-state index in [2.05, 4.69) is 15.0 Å². The van der Waals surface area contributed by atoms with E-state index < -0.39 is 6.61 Å². The van der Waals surface area contributed by atoms with Crippen LogP contribution >= 0.6 is 0 Å². The summed E-state index contributed by atoms with van der Waals surface area (Å²) in [6, 6.07) is 6.99. The molecule has 0 fully saturated rings. The van der Waals surface area contributed by atoms with Crippen LogP contribution in [0.15, 0.2) is 24.3 Å². The summed E-state index contributed by atoms with van der Waals surface area (Å²) in [5.41, 5.74) is 0.787. The Morgan fingerprint density at radius 3 is 2.63 bits per heavy atom. The third kappa shape index (κ3) is 5.12. The highest BCUT2D eigenvalue weighted by molar-refractivity contribution is 5.35. The van der Waals surface area contributed by atoms with Gasteiger partial charge in [0.05, 0.1) is 0 Å². The van der Waals surface area contributed by atoms with Crippen LogP contribution in [-0.4, -0.2) is 38.7 Å². The van der Waals surface area contributed by atoms with E-state index in [1.807, 2.05) is 33.2 Å². The lowest BCUT2D eigenvalue weighted by molar-refractivity contribution is -0.0510. The molecule has 1 rings (SSSR count). The molecule has 1 atom stereocenters. The molecular formula is C14H22F2N2O. The molecule has 5 heteroatoms. The lowest BCUT2D eigenvalue weighted by Crippen LogP contribution is -2.26. The monoisotopic (exact) mass is 272 g/mol. The highest BCUT2D eigenvalue weighted by Gasteiger charge is 2.17. The first-order valence-corrected chi connectivity index (χ1v) is 6.44. The number of nitrogens with zero attached hydrogens (tertiary/aromatic N) is 1. The van der Waals surface area contributed by atoms with Crippen molar-refractivity contribution in [1.82, 2.24) is 10.2 Å². The van der Waals surface area contributed by atoms with Crippen molar-refractivity contribution in [2.75, 3.05) is 27.2 Å². The molecule has 1 aromatic rings. The molecule has 108 valence electrons. The average molecular weight is 272 g/mol. The maximum Gasteiger partial charge on any atom is 0.387 e. The van der Waals surface area contributed by atoms with Gasteiger partial charge in [-0.25, -0.2) is 0 Å². The molecule has 0 aliphatic carbocycles. The number of rotatable bonds is 8. The van der Waals surface area contributed by atoms with Crippen LogP contribution in [0.5, 0.6) is 5.75 Å². The lowest BCUT2D eigenvalue weighted by atomic mass is 10.1. The summed E-state index contributed by atoms with van der Waals surface area (Å²) in [5, 5.41) is 3.09. The Morgan fingerprint density at radius 2 is 2.00 bits per heavy atom. The van der Waals surface area contributed by atoms with Gasteiger partial charge in [-0.3, -0.25) is 4.90 Å². The van der Waals surface area contributed by atoms with E-state index in [-0.39, 0.29) is 11.8 Å². The van der Waals surface area contributed by atoms with Crippen molar-refractivity contribution in [2.45, 2.75) is 26.0 Å². The summed E-state index contributed by atoms with van der Waals surface area (Å²) in [6.45, 7) is 1.03. The molecule has 0 bridgehead atoms. The molecule has 3 nitrogen and oxygen atoms in total. The predicted molar refractivity (Wildman–Crippen MR) is 72.7 cm³/mol. The fraction of sp³-hybridized carbons (Fsp3) is 0.571. The fourth-order valence-electron chi connectivity index (χ4n) is 1.97. The molecule has 0 aliphatic rings. The molecule has 1 aromatic carbocycles. The van der Waals surface area contributed by atoms with Crippen molar-refractivity contribution in [3.8, 4) is 5.75 Å². The second-order valence-electron chi connectivity index (χ2n) is 4.53. The predicted octanol–water partition coefficient (Wildman–Crippen LogP) is 2.89. The Balaban J connectivity index is 2.71. The van der Waals surface area contributed by atoms with E-state index in [4.69, 9.17) is 0 Å². The Labute approximate surface area is 113 Å². The number of hydrogen-bond acceptors (Lipinski definition) is 3. The molecule has 1 N–H and O–H groups in total. The smallest absolute Gasteiger partial charge is 0.387 e. The van der Waals surface area contributed by atoms with Crippen molar-refractivity contribution in [1.29, 1.82) is 0 Å².